The van der Waals surface area contributed by atoms with Crippen molar-refractivity contribution in [2.45, 2.75) is 18.7 Å². The molecule has 0 bridgehead atoms. The van der Waals surface area contributed by atoms with E-state index in [1.807, 2.05) is 13.8 Å². The van der Waals surface area contributed by atoms with Crippen LogP contribution in [0.15, 0.2) is 24.3 Å². The van der Waals surface area contributed by atoms with Gasteiger partial charge in [-0.2, -0.15) is 0 Å². The summed E-state index contributed by atoms with van der Waals surface area (Å²) in [6.07, 6.45) is 0. The van der Waals surface area contributed by atoms with Crippen LogP contribution in [-0.4, -0.2) is 17.9 Å². The third-order valence-corrected chi connectivity index (χ3v) is 3.52. The molecule has 1 atom stereocenters. The molecule has 16 heavy (non-hydrogen) atoms. The lowest BCUT2D eigenvalue weighted by Crippen LogP contribution is -2.24. The van der Waals surface area contributed by atoms with Crippen molar-refractivity contribution >= 4 is 21.9 Å². The van der Waals surface area contributed by atoms with Crippen LogP contribution in [0.5, 0.6) is 11.5 Å². The number of carbonyl (C=O) groups is 1. The van der Waals surface area contributed by atoms with E-state index in [0.717, 1.165) is 5.75 Å². The highest BCUT2D eigenvalue weighted by Gasteiger charge is 2.20. The molecule has 88 valence electrons. The first-order valence-electron chi connectivity index (χ1n) is 5.04. The Morgan fingerprint density at radius 2 is 1.69 bits per heavy atom. The molecule has 0 aliphatic heterocycles. The number of ether oxygens (including phenoxy) is 2. The van der Waals surface area contributed by atoms with E-state index in [1.165, 1.54) is 0 Å². The summed E-state index contributed by atoms with van der Waals surface area (Å²) in [7, 11) is 1.59. The van der Waals surface area contributed by atoms with Crippen LogP contribution in [0, 0.1) is 5.92 Å². The maximum absolute atomic E-state index is 11.6. The van der Waals surface area contributed by atoms with Gasteiger partial charge in [-0.15, -0.1) is 0 Å². The third-order valence-electron chi connectivity index (χ3n) is 2.09. The van der Waals surface area contributed by atoms with Gasteiger partial charge in [-0.1, -0.05) is 29.8 Å². The van der Waals surface area contributed by atoms with E-state index in [-0.39, 0.29) is 16.7 Å². The van der Waals surface area contributed by atoms with Crippen LogP contribution in [0.1, 0.15) is 13.8 Å². The number of rotatable bonds is 4. The molecule has 0 saturated heterocycles. The van der Waals surface area contributed by atoms with Crippen molar-refractivity contribution < 1.29 is 14.3 Å². The van der Waals surface area contributed by atoms with Crippen LogP contribution in [0.4, 0.5) is 0 Å². The van der Waals surface area contributed by atoms with Gasteiger partial charge in [0, 0.05) is 0 Å². The molecule has 1 aromatic carbocycles. The SMILES string of the molecule is COc1ccc(OC(=O)C(Br)C(C)C)cc1. The maximum atomic E-state index is 11.6. The van der Waals surface area contributed by atoms with Crippen molar-refractivity contribution in [3.05, 3.63) is 24.3 Å². The largest absolute Gasteiger partial charge is 0.497 e. The molecule has 1 aromatic rings. The second kappa shape index (κ2) is 5.89. The van der Waals surface area contributed by atoms with Gasteiger partial charge in [-0.3, -0.25) is 4.79 Å². The number of halogens is 1. The smallest absolute Gasteiger partial charge is 0.325 e. The van der Waals surface area contributed by atoms with E-state index in [9.17, 15) is 4.79 Å². The van der Waals surface area contributed by atoms with Crippen molar-refractivity contribution in [3.8, 4) is 11.5 Å². The molecule has 0 heterocycles. The van der Waals surface area contributed by atoms with Crippen LogP contribution in [-0.2, 0) is 4.79 Å². The molecular formula is C12H15BrO3. The number of hydrogen-bond donors (Lipinski definition) is 0. The average Bonchev–Trinajstić information content (AvgIpc) is 2.28. The van der Waals surface area contributed by atoms with E-state index in [2.05, 4.69) is 15.9 Å². The molecule has 0 aliphatic carbocycles. The Morgan fingerprint density at radius 3 is 2.12 bits per heavy atom. The number of methoxy groups -OCH3 is 1. The first-order chi connectivity index (χ1) is 7.54. The molecule has 0 aliphatic rings. The molecule has 0 amide bonds. The molecule has 0 radical (unpaired) electrons. The summed E-state index contributed by atoms with van der Waals surface area (Å²) in [5, 5.41) is 0. The van der Waals surface area contributed by atoms with Gasteiger partial charge < -0.3 is 9.47 Å². The van der Waals surface area contributed by atoms with Crippen molar-refractivity contribution in [2.75, 3.05) is 7.11 Å². The van der Waals surface area contributed by atoms with E-state index in [1.54, 1.807) is 31.4 Å². The van der Waals surface area contributed by atoms with Crippen LogP contribution in [0.2, 0.25) is 0 Å². The fourth-order valence-corrected chi connectivity index (χ4v) is 1.18. The van der Waals surface area contributed by atoms with E-state index < -0.39 is 0 Å². The molecule has 1 unspecified atom stereocenters. The Hall–Kier alpha value is -1.03. The summed E-state index contributed by atoms with van der Waals surface area (Å²) in [5.41, 5.74) is 0. The number of alkyl halides is 1. The third kappa shape index (κ3) is 3.52. The van der Waals surface area contributed by atoms with Crippen LogP contribution >= 0.6 is 15.9 Å². The quantitative estimate of drug-likeness (QED) is 0.485. The number of carbonyl (C=O) groups excluding carboxylic acids is 1. The molecular weight excluding hydrogens is 272 g/mol. The van der Waals surface area contributed by atoms with Crippen LogP contribution in [0.25, 0.3) is 0 Å². The standard InChI is InChI=1S/C12H15BrO3/c1-8(2)11(13)12(14)16-10-6-4-9(15-3)5-7-10/h4-8,11H,1-3H3. The Kier molecular flexibility index (Phi) is 4.80. The number of hydrogen-bond acceptors (Lipinski definition) is 3. The first kappa shape index (κ1) is 13.0. The average molecular weight is 287 g/mol. The minimum atomic E-state index is -0.283. The molecule has 1 rings (SSSR count). The fourth-order valence-electron chi connectivity index (χ4n) is 1.09. The second-order valence-corrected chi connectivity index (χ2v) is 4.73. The highest BCUT2D eigenvalue weighted by molar-refractivity contribution is 9.10. The lowest BCUT2D eigenvalue weighted by molar-refractivity contribution is -0.134. The Labute approximate surface area is 104 Å². The van der Waals surface area contributed by atoms with Crippen molar-refractivity contribution in [3.63, 3.8) is 0 Å². The van der Waals surface area contributed by atoms with Gasteiger partial charge in [0.2, 0.25) is 0 Å². The summed E-state index contributed by atoms with van der Waals surface area (Å²) < 4.78 is 10.2. The zero-order valence-corrected chi connectivity index (χ0v) is 11.2. The van der Waals surface area contributed by atoms with E-state index in [0.29, 0.717) is 5.75 Å². The summed E-state index contributed by atoms with van der Waals surface area (Å²) in [6, 6.07) is 6.91. The minimum Gasteiger partial charge on any atom is -0.497 e. The minimum absolute atomic E-state index is 0.200. The van der Waals surface area contributed by atoms with E-state index >= 15 is 0 Å². The number of benzene rings is 1. The topological polar surface area (TPSA) is 35.5 Å². The van der Waals surface area contributed by atoms with Gasteiger partial charge in [0.15, 0.2) is 0 Å². The molecule has 0 saturated carbocycles. The van der Waals surface area contributed by atoms with Crippen molar-refractivity contribution in [1.82, 2.24) is 0 Å². The Morgan fingerprint density at radius 1 is 1.19 bits per heavy atom. The van der Waals surface area contributed by atoms with Crippen molar-refractivity contribution in [1.29, 1.82) is 0 Å². The zero-order chi connectivity index (χ0) is 12.1. The normalized spacial score (nSPS) is 12.3. The predicted molar refractivity (Wildman–Crippen MR) is 66.2 cm³/mol. The lowest BCUT2D eigenvalue weighted by Gasteiger charge is -2.12. The van der Waals surface area contributed by atoms with Gasteiger partial charge in [0.05, 0.1) is 7.11 Å². The molecule has 0 aromatic heterocycles. The summed E-state index contributed by atoms with van der Waals surface area (Å²) in [4.78, 5) is 11.3. The second-order valence-electron chi connectivity index (χ2n) is 3.74. The molecule has 0 spiro atoms. The van der Waals surface area contributed by atoms with E-state index in [4.69, 9.17) is 9.47 Å². The first-order valence-corrected chi connectivity index (χ1v) is 5.96. The van der Waals surface area contributed by atoms with Crippen molar-refractivity contribution in [2.24, 2.45) is 5.92 Å². The maximum Gasteiger partial charge on any atom is 0.325 e. The highest BCUT2D eigenvalue weighted by Crippen LogP contribution is 2.20. The molecule has 0 fully saturated rings. The Balaban J connectivity index is 2.62. The van der Waals surface area contributed by atoms with Gasteiger partial charge in [-0.05, 0) is 30.2 Å². The summed E-state index contributed by atoms with van der Waals surface area (Å²) in [6.45, 7) is 3.91. The predicted octanol–water partition coefficient (Wildman–Crippen LogP) is 3.02. The molecule has 4 heteroatoms. The zero-order valence-electron chi connectivity index (χ0n) is 9.57. The highest BCUT2D eigenvalue weighted by atomic mass is 79.9. The van der Waals surface area contributed by atoms with Gasteiger partial charge in [-0.25, -0.2) is 0 Å². The van der Waals surface area contributed by atoms with Crippen LogP contribution in [0.3, 0.4) is 0 Å². The van der Waals surface area contributed by atoms with Crippen LogP contribution < -0.4 is 9.47 Å². The van der Waals surface area contributed by atoms with Gasteiger partial charge in [0.1, 0.15) is 16.3 Å². The number of esters is 1. The molecule has 3 nitrogen and oxygen atoms in total. The summed E-state index contributed by atoms with van der Waals surface area (Å²) in [5.74, 6) is 1.18. The van der Waals surface area contributed by atoms with Gasteiger partial charge in [0.25, 0.3) is 0 Å². The summed E-state index contributed by atoms with van der Waals surface area (Å²) >= 11 is 3.29. The lowest BCUT2D eigenvalue weighted by atomic mass is 10.1. The molecule has 0 N–H and O–H groups in total. The Bertz CT molecular complexity index is 346. The monoisotopic (exact) mass is 286 g/mol. The van der Waals surface area contributed by atoms with Gasteiger partial charge >= 0.3 is 5.97 Å². The fraction of sp³-hybridized carbons (Fsp3) is 0.417.